The van der Waals surface area contributed by atoms with Gasteiger partial charge in [-0.25, -0.2) is 4.98 Å². The molecule has 0 aliphatic carbocycles. The lowest BCUT2D eigenvalue weighted by atomic mass is 10.1. The highest BCUT2D eigenvalue weighted by Crippen LogP contribution is 2.23. The standard InChI is InChI=1S/C15H21N3O/c1-11(2)9-19-13-5-3-12(4-6-13)15-14(7-8-16)17-10-18-15/h3-6,10-11H,7-9,16H2,1-2H3,(H,17,18). The predicted molar refractivity (Wildman–Crippen MR) is 77.1 cm³/mol. The lowest BCUT2D eigenvalue weighted by Gasteiger charge is -2.09. The Balaban J connectivity index is 2.11. The van der Waals surface area contributed by atoms with Crippen molar-refractivity contribution in [1.29, 1.82) is 0 Å². The molecular formula is C15H21N3O. The van der Waals surface area contributed by atoms with Crippen molar-refractivity contribution in [3.63, 3.8) is 0 Å². The van der Waals surface area contributed by atoms with Crippen LogP contribution in [0.4, 0.5) is 0 Å². The minimum Gasteiger partial charge on any atom is -0.493 e. The van der Waals surface area contributed by atoms with E-state index in [4.69, 9.17) is 10.5 Å². The normalized spacial score (nSPS) is 10.9. The monoisotopic (exact) mass is 259 g/mol. The van der Waals surface area contributed by atoms with Crippen molar-refractivity contribution in [3.8, 4) is 17.0 Å². The summed E-state index contributed by atoms with van der Waals surface area (Å²) in [5.41, 5.74) is 8.73. The molecule has 0 atom stereocenters. The number of aromatic amines is 1. The SMILES string of the molecule is CC(C)COc1ccc(-c2nc[nH]c2CCN)cc1. The van der Waals surface area contributed by atoms with Crippen molar-refractivity contribution in [2.24, 2.45) is 11.7 Å². The van der Waals surface area contributed by atoms with Crippen molar-refractivity contribution in [2.75, 3.05) is 13.2 Å². The Morgan fingerprint density at radius 3 is 2.63 bits per heavy atom. The van der Waals surface area contributed by atoms with Crippen molar-refractivity contribution < 1.29 is 4.74 Å². The van der Waals surface area contributed by atoms with Crippen molar-refractivity contribution in [2.45, 2.75) is 20.3 Å². The molecule has 4 nitrogen and oxygen atoms in total. The van der Waals surface area contributed by atoms with Gasteiger partial charge in [0, 0.05) is 17.7 Å². The average molecular weight is 259 g/mol. The summed E-state index contributed by atoms with van der Waals surface area (Å²) in [6.07, 6.45) is 2.52. The number of nitrogens with one attached hydrogen (secondary N) is 1. The quantitative estimate of drug-likeness (QED) is 0.838. The van der Waals surface area contributed by atoms with Crippen LogP contribution in [0.1, 0.15) is 19.5 Å². The number of nitrogens with two attached hydrogens (primary N) is 1. The van der Waals surface area contributed by atoms with Gasteiger partial charge in [0.15, 0.2) is 0 Å². The molecule has 0 aliphatic rings. The Bertz CT molecular complexity index is 502. The van der Waals surface area contributed by atoms with E-state index in [1.807, 2.05) is 24.3 Å². The highest BCUT2D eigenvalue weighted by Gasteiger charge is 2.07. The van der Waals surface area contributed by atoms with Gasteiger partial charge < -0.3 is 15.5 Å². The molecule has 3 N–H and O–H groups in total. The molecule has 0 unspecified atom stereocenters. The lowest BCUT2D eigenvalue weighted by molar-refractivity contribution is 0.271. The lowest BCUT2D eigenvalue weighted by Crippen LogP contribution is -2.04. The van der Waals surface area contributed by atoms with Crippen LogP contribution < -0.4 is 10.5 Å². The fourth-order valence-electron chi connectivity index (χ4n) is 1.88. The van der Waals surface area contributed by atoms with E-state index in [1.165, 1.54) is 0 Å². The van der Waals surface area contributed by atoms with E-state index in [0.29, 0.717) is 12.5 Å². The molecular weight excluding hydrogens is 238 g/mol. The number of nitrogens with zero attached hydrogens (tertiary/aromatic N) is 1. The molecule has 2 rings (SSSR count). The third-order valence-corrected chi connectivity index (χ3v) is 2.82. The Labute approximate surface area is 114 Å². The summed E-state index contributed by atoms with van der Waals surface area (Å²) in [4.78, 5) is 7.49. The molecule has 0 aliphatic heterocycles. The summed E-state index contributed by atoms with van der Waals surface area (Å²) in [6.45, 7) is 5.62. The third kappa shape index (κ3) is 3.58. The summed E-state index contributed by atoms with van der Waals surface area (Å²) >= 11 is 0. The van der Waals surface area contributed by atoms with Crippen LogP contribution >= 0.6 is 0 Å². The van der Waals surface area contributed by atoms with Gasteiger partial charge in [-0.15, -0.1) is 0 Å². The van der Waals surface area contributed by atoms with E-state index < -0.39 is 0 Å². The first-order valence-corrected chi connectivity index (χ1v) is 6.66. The number of aromatic nitrogens is 2. The topological polar surface area (TPSA) is 63.9 Å². The molecule has 0 radical (unpaired) electrons. The van der Waals surface area contributed by atoms with Gasteiger partial charge in [-0.1, -0.05) is 13.8 Å². The summed E-state index contributed by atoms with van der Waals surface area (Å²) < 4.78 is 5.67. The zero-order valence-electron chi connectivity index (χ0n) is 11.5. The fourth-order valence-corrected chi connectivity index (χ4v) is 1.88. The smallest absolute Gasteiger partial charge is 0.119 e. The van der Waals surface area contributed by atoms with E-state index in [9.17, 15) is 0 Å². The molecule has 0 fully saturated rings. The van der Waals surface area contributed by atoms with Gasteiger partial charge >= 0.3 is 0 Å². The number of rotatable bonds is 6. The van der Waals surface area contributed by atoms with E-state index in [-0.39, 0.29) is 0 Å². The van der Waals surface area contributed by atoms with Gasteiger partial charge in [0.1, 0.15) is 5.75 Å². The van der Waals surface area contributed by atoms with Crippen LogP contribution in [0.2, 0.25) is 0 Å². The van der Waals surface area contributed by atoms with Crippen LogP contribution in [0.3, 0.4) is 0 Å². The van der Waals surface area contributed by atoms with Gasteiger partial charge in [0.25, 0.3) is 0 Å². The first-order valence-electron chi connectivity index (χ1n) is 6.66. The minimum absolute atomic E-state index is 0.530. The maximum Gasteiger partial charge on any atom is 0.119 e. The molecule has 0 spiro atoms. The second-order valence-electron chi connectivity index (χ2n) is 5.00. The van der Waals surface area contributed by atoms with Gasteiger partial charge in [-0.05, 0) is 36.7 Å². The largest absolute Gasteiger partial charge is 0.493 e. The summed E-state index contributed by atoms with van der Waals surface area (Å²) in [5, 5.41) is 0. The molecule has 4 heteroatoms. The molecule has 1 heterocycles. The summed E-state index contributed by atoms with van der Waals surface area (Å²) in [7, 11) is 0. The van der Waals surface area contributed by atoms with Crippen molar-refractivity contribution >= 4 is 0 Å². The Morgan fingerprint density at radius 1 is 1.26 bits per heavy atom. The fraction of sp³-hybridized carbons (Fsp3) is 0.400. The summed E-state index contributed by atoms with van der Waals surface area (Å²) in [5.74, 6) is 1.43. The molecule has 0 saturated carbocycles. The number of imidazole rings is 1. The first kappa shape index (κ1) is 13.6. The van der Waals surface area contributed by atoms with Crippen LogP contribution in [0.5, 0.6) is 5.75 Å². The molecule has 19 heavy (non-hydrogen) atoms. The maximum absolute atomic E-state index is 5.67. The Morgan fingerprint density at radius 2 is 2.00 bits per heavy atom. The highest BCUT2D eigenvalue weighted by molar-refractivity contribution is 5.62. The molecule has 0 bridgehead atoms. The zero-order chi connectivity index (χ0) is 13.7. The Kier molecular flexibility index (Phi) is 4.58. The number of hydrogen-bond donors (Lipinski definition) is 2. The second kappa shape index (κ2) is 6.38. The number of ether oxygens (including phenoxy) is 1. The second-order valence-corrected chi connectivity index (χ2v) is 5.00. The van der Waals surface area contributed by atoms with Crippen molar-refractivity contribution in [3.05, 3.63) is 36.3 Å². The summed E-state index contributed by atoms with van der Waals surface area (Å²) in [6, 6.07) is 8.04. The van der Waals surface area contributed by atoms with Crippen LogP contribution in [-0.2, 0) is 6.42 Å². The van der Waals surface area contributed by atoms with Crippen LogP contribution in [0.15, 0.2) is 30.6 Å². The number of hydrogen-bond acceptors (Lipinski definition) is 3. The minimum atomic E-state index is 0.530. The van der Waals surface area contributed by atoms with Crippen molar-refractivity contribution in [1.82, 2.24) is 9.97 Å². The van der Waals surface area contributed by atoms with Gasteiger partial charge in [-0.3, -0.25) is 0 Å². The van der Waals surface area contributed by atoms with Crippen LogP contribution in [-0.4, -0.2) is 23.1 Å². The molecule has 0 saturated heterocycles. The predicted octanol–water partition coefficient (Wildman–Crippen LogP) is 2.61. The van der Waals surface area contributed by atoms with E-state index >= 15 is 0 Å². The molecule has 0 amide bonds. The maximum atomic E-state index is 5.67. The average Bonchev–Trinajstić information content (AvgIpc) is 2.86. The molecule has 102 valence electrons. The van der Waals surface area contributed by atoms with Crippen LogP contribution in [0.25, 0.3) is 11.3 Å². The zero-order valence-corrected chi connectivity index (χ0v) is 11.5. The number of H-pyrrole nitrogens is 1. The first-order chi connectivity index (χ1) is 9.20. The molecule has 1 aromatic heterocycles. The third-order valence-electron chi connectivity index (χ3n) is 2.82. The van der Waals surface area contributed by atoms with Gasteiger partial charge in [0.05, 0.1) is 18.6 Å². The number of benzene rings is 1. The highest BCUT2D eigenvalue weighted by atomic mass is 16.5. The van der Waals surface area contributed by atoms with E-state index in [1.54, 1.807) is 6.33 Å². The van der Waals surface area contributed by atoms with Gasteiger partial charge in [-0.2, -0.15) is 0 Å². The van der Waals surface area contributed by atoms with E-state index in [0.717, 1.165) is 35.7 Å². The van der Waals surface area contributed by atoms with E-state index in [2.05, 4.69) is 23.8 Å². The Hall–Kier alpha value is -1.81. The van der Waals surface area contributed by atoms with Gasteiger partial charge in [0.2, 0.25) is 0 Å². The molecule has 2 aromatic rings. The molecule has 1 aromatic carbocycles. The van der Waals surface area contributed by atoms with Crippen LogP contribution in [0, 0.1) is 5.92 Å².